The van der Waals surface area contributed by atoms with Crippen LogP contribution in [0.4, 0.5) is 0 Å². The van der Waals surface area contributed by atoms with Crippen LogP contribution in [-0.2, 0) is 65.4 Å². The van der Waals surface area contributed by atoms with Gasteiger partial charge in [-0.05, 0) is 49.4 Å². The first-order chi connectivity index (χ1) is 41.2. The second kappa shape index (κ2) is 57.0. The Bertz CT molecular complexity index is 1720. The van der Waals surface area contributed by atoms with E-state index in [1.807, 2.05) is 0 Å². The summed E-state index contributed by atoms with van der Waals surface area (Å²) in [7, 11) is -9.90. The summed E-state index contributed by atoms with van der Waals surface area (Å²) in [6.45, 7) is 14.0. The van der Waals surface area contributed by atoms with E-state index in [0.29, 0.717) is 25.7 Å². The van der Waals surface area contributed by atoms with E-state index >= 15 is 0 Å². The van der Waals surface area contributed by atoms with E-state index in [9.17, 15) is 43.2 Å². The second-order valence-corrected chi connectivity index (χ2v) is 28.3. The number of carbonyl (C=O) groups excluding carboxylic acids is 4. The molecule has 17 nitrogen and oxygen atoms in total. The van der Waals surface area contributed by atoms with Crippen molar-refractivity contribution in [3.63, 3.8) is 0 Å². The molecular weight excluding hydrogens is 1140 g/mol. The van der Waals surface area contributed by atoms with Gasteiger partial charge in [0.05, 0.1) is 26.4 Å². The van der Waals surface area contributed by atoms with Crippen molar-refractivity contribution in [2.45, 2.75) is 343 Å². The van der Waals surface area contributed by atoms with Gasteiger partial charge in [-0.3, -0.25) is 37.3 Å². The van der Waals surface area contributed by atoms with E-state index in [2.05, 4.69) is 55.4 Å². The van der Waals surface area contributed by atoms with Crippen LogP contribution in [-0.4, -0.2) is 96.7 Å². The van der Waals surface area contributed by atoms with Crippen LogP contribution in [0.2, 0.25) is 0 Å². The Morgan fingerprint density at radius 3 is 0.826 bits per heavy atom. The highest BCUT2D eigenvalue weighted by Crippen LogP contribution is 2.45. The number of ether oxygens (including phenoxy) is 4. The topological polar surface area (TPSA) is 237 Å². The molecule has 0 radical (unpaired) electrons. The number of aliphatic hydroxyl groups excluding tert-OH is 1. The van der Waals surface area contributed by atoms with Crippen LogP contribution in [0.1, 0.15) is 325 Å². The molecule has 0 spiro atoms. The summed E-state index contributed by atoms with van der Waals surface area (Å²) in [5.41, 5.74) is 0. The Morgan fingerprint density at radius 2 is 0.558 bits per heavy atom. The third-order valence-electron chi connectivity index (χ3n) is 16.4. The fraction of sp³-hybridized carbons (Fsp3) is 0.940. The van der Waals surface area contributed by atoms with E-state index in [1.54, 1.807) is 0 Å². The lowest BCUT2D eigenvalue weighted by molar-refractivity contribution is -0.161. The molecular formula is C67H130O17P2. The molecule has 0 bridgehead atoms. The SMILES string of the molecule is CCC(C)CCCCCCCCCCC(=O)O[C@H](COC(=O)CCCCCCCCC(C)CC)COP(=O)(O)OC[C@H](O)COP(=O)(O)OC[C@@H](COC(=O)CCCCCCCCC(C)CC)OC(=O)CCCCCCCCCCCCCC(C)C. The lowest BCUT2D eigenvalue weighted by Crippen LogP contribution is -2.30. The molecule has 3 N–H and O–H groups in total. The number of hydrogen-bond donors (Lipinski definition) is 3. The molecule has 0 aromatic rings. The number of rotatable bonds is 64. The minimum absolute atomic E-state index is 0.103. The predicted octanol–water partition coefficient (Wildman–Crippen LogP) is 18.5. The van der Waals surface area contributed by atoms with E-state index in [-0.39, 0.29) is 25.7 Å². The minimum atomic E-state index is -4.95. The largest absolute Gasteiger partial charge is 0.472 e. The summed E-state index contributed by atoms with van der Waals surface area (Å²) in [5, 5.41) is 10.6. The van der Waals surface area contributed by atoms with Gasteiger partial charge in [0, 0.05) is 25.7 Å². The molecule has 0 aliphatic carbocycles. The zero-order chi connectivity index (χ0) is 63.9. The molecule has 0 saturated heterocycles. The molecule has 86 heavy (non-hydrogen) atoms. The fourth-order valence-electron chi connectivity index (χ4n) is 9.86. The molecule has 0 rings (SSSR count). The number of hydrogen-bond acceptors (Lipinski definition) is 15. The van der Waals surface area contributed by atoms with Gasteiger partial charge in [0.15, 0.2) is 12.2 Å². The van der Waals surface area contributed by atoms with Crippen molar-refractivity contribution in [3.8, 4) is 0 Å². The van der Waals surface area contributed by atoms with Gasteiger partial charge in [0.2, 0.25) is 0 Å². The Morgan fingerprint density at radius 1 is 0.326 bits per heavy atom. The van der Waals surface area contributed by atoms with Crippen LogP contribution in [0.5, 0.6) is 0 Å². The Kier molecular flexibility index (Phi) is 55.7. The van der Waals surface area contributed by atoms with E-state index < -0.39 is 97.5 Å². The average Bonchev–Trinajstić information content (AvgIpc) is 3.54. The molecule has 8 atom stereocenters. The molecule has 0 amide bonds. The van der Waals surface area contributed by atoms with Crippen LogP contribution in [0.15, 0.2) is 0 Å². The van der Waals surface area contributed by atoms with Crippen LogP contribution < -0.4 is 0 Å². The Hall–Kier alpha value is -1.94. The number of carbonyl (C=O) groups is 4. The smallest absolute Gasteiger partial charge is 0.462 e. The summed E-state index contributed by atoms with van der Waals surface area (Å²) >= 11 is 0. The van der Waals surface area contributed by atoms with Gasteiger partial charge in [-0.15, -0.1) is 0 Å². The van der Waals surface area contributed by atoms with Crippen LogP contribution >= 0.6 is 15.6 Å². The first kappa shape index (κ1) is 84.1. The number of phosphoric ester groups is 2. The quantitative estimate of drug-likeness (QED) is 0.0222. The van der Waals surface area contributed by atoms with Crippen molar-refractivity contribution >= 4 is 39.5 Å². The highest BCUT2D eigenvalue weighted by Gasteiger charge is 2.30. The molecule has 0 aliphatic heterocycles. The molecule has 19 heteroatoms. The third kappa shape index (κ3) is 57.2. The molecule has 0 saturated carbocycles. The monoisotopic (exact) mass is 1270 g/mol. The Labute approximate surface area is 524 Å². The molecule has 0 aromatic carbocycles. The third-order valence-corrected chi connectivity index (χ3v) is 18.3. The zero-order valence-corrected chi connectivity index (χ0v) is 57.7. The Balaban J connectivity index is 5.27. The van der Waals surface area contributed by atoms with Crippen molar-refractivity contribution in [2.24, 2.45) is 23.7 Å². The molecule has 5 unspecified atom stereocenters. The summed E-state index contributed by atoms with van der Waals surface area (Å²) in [4.78, 5) is 72.4. The van der Waals surface area contributed by atoms with Crippen LogP contribution in [0.3, 0.4) is 0 Å². The van der Waals surface area contributed by atoms with Crippen LogP contribution in [0.25, 0.3) is 0 Å². The molecule has 0 fully saturated rings. The fourth-order valence-corrected chi connectivity index (χ4v) is 11.4. The van der Waals surface area contributed by atoms with Gasteiger partial charge in [-0.2, -0.15) is 0 Å². The molecule has 0 heterocycles. The van der Waals surface area contributed by atoms with Gasteiger partial charge < -0.3 is 33.8 Å². The molecule has 0 aromatic heterocycles. The number of unbranched alkanes of at least 4 members (excludes halogenated alkanes) is 27. The lowest BCUT2D eigenvalue weighted by Gasteiger charge is -2.21. The molecule has 510 valence electrons. The van der Waals surface area contributed by atoms with Gasteiger partial charge >= 0.3 is 39.5 Å². The normalized spacial score (nSPS) is 15.3. The van der Waals surface area contributed by atoms with Gasteiger partial charge in [-0.1, -0.05) is 274 Å². The van der Waals surface area contributed by atoms with E-state index in [1.165, 1.54) is 116 Å². The van der Waals surface area contributed by atoms with Crippen molar-refractivity contribution in [3.05, 3.63) is 0 Å². The van der Waals surface area contributed by atoms with E-state index in [4.69, 9.17) is 37.0 Å². The first-order valence-corrected chi connectivity index (χ1v) is 37.8. The lowest BCUT2D eigenvalue weighted by atomic mass is 9.99. The summed E-state index contributed by atoms with van der Waals surface area (Å²) < 4.78 is 68.1. The van der Waals surface area contributed by atoms with Crippen molar-refractivity contribution < 1.29 is 80.2 Å². The van der Waals surface area contributed by atoms with Gasteiger partial charge in [-0.25, -0.2) is 9.13 Å². The maximum atomic E-state index is 13.0. The number of esters is 4. The van der Waals surface area contributed by atoms with Crippen molar-refractivity contribution in [1.82, 2.24) is 0 Å². The van der Waals surface area contributed by atoms with Crippen molar-refractivity contribution in [1.29, 1.82) is 0 Å². The standard InChI is InChI=1S/C67H130O17P2/c1-9-58(6)44-36-28-20-17-18-22-34-42-50-67(72)84-63(54-78-65(70)48-40-32-26-24-30-38-46-60(8)11-3)56-82-86(75,76)80-52-61(68)51-79-85(73,74)81-55-62(53-77-64(69)47-39-31-25-23-29-37-45-59(7)10-2)83-66(71)49-41-33-21-16-14-12-13-15-19-27-35-43-57(4)5/h57-63,68H,9-56H2,1-8H3,(H,73,74)(H,75,76)/t58?,59?,60?,61-,62-,63-/m1/s1. The van der Waals surface area contributed by atoms with Gasteiger partial charge in [0.25, 0.3) is 0 Å². The van der Waals surface area contributed by atoms with Gasteiger partial charge in [0.1, 0.15) is 19.3 Å². The summed E-state index contributed by atoms with van der Waals surface area (Å²) in [5.74, 6) is 0.860. The minimum Gasteiger partial charge on any atom is -0.462 e. The first-order valence-electron chi connectivity index (χ1n) is 34.8. The average molecular weight is 1270 g/mol. The maximum absolute atomic E-state index is 13.0. The zero-order valence-electron chi connectivity index (χ0n) is 55.9. The molecule has 0 aliphatic rings. The van der Waals surface area contributed by atoms with Crippen LogP contribution in [0, 0.1) is 23.7 Å². The number of phosphoric acid groups is 2. The summed E-state index contributed by atoms with van der Waals surface area (Å²) in [6, 6.07) is 0. The second-order valence-electron chi connectivity index (χ2n) is 25.4. The summed E-state index contributed by atoms with van der Waals surface area (Å²) in [6.07, 6.45) is 37.5. The van der Waals surface area contributed by atoms with E-state index in [0.717, 1.165) is 126 Å². The highest BCUT2D eigenvalue weighted by atomic mass is 31.2. The number of aliphatic hydroxyl groups is 1. The maximum Gasteiger partial charge on any atom is 0.472 e. The predicted molar refractivity (Wildman–Crippen MR) is 344 cm³/mol. The highest BCUT2D eigenvalue weighted by molar-refractivity contribution is 7.47. The van der Waals surface area contributed by atoms with Crippen molar-refractivity contribution in [2.75, 3.05) is 39.6 Å².